The summed E-state index contributed by atoms with van der Waals surface area (Å²) in [7, 11) is 1.97. The minimum absolute atomic E-state index is 0.0849. The summed E-state index contributed by atoms with van der Waals surface area (Å²) in [6, 6.07) is 3.74. The third kappa shape index (κ3) is 2.43. The Hall–Kier alpha value is -2.34. The smallest absolute Gasteiger partial charge is 0.133 e. The van der Waals surface area contributed by atoms with Gasteiger partial charge in [0.25, 0.3) is 0 Å². The summed E-state index contributed by atoms with van der Waals surface area (Å²) in [5.74, 6) is 1.75. The van der Waals surface area contributed by atoms with Crippen molar-refractivity contribution < 1.29 is 4.42 Å². The molecule has 98 valence electrons. The molecule has 0 radical (unpaired) electrons. The molecule has 2 N–H and O–H groups in total. The molecule has 3 rings (SSSR count). The Morgan fingerprint density at radius 1 is 1.53 bits per heavy atom. The minimum Gasteiger partial charge on any atom is -0.467 e. The molecule has 19 heavy (non-hydrogen) atoms. The van der Waals surface area contributed by atoms with Crippen LogP contribution in [0.3, 0.4) is 0 Å². The number of hydrogen-bond donors (Lipinski definition) is 2. The number of rotatable bonds is 5. The van der Waals surface area contributed by atoms with Crippen molar-refractivity contribution in [3.63, 3.8) is 0 Å². The lowest BCUT2D eigenvalue weighted by Gasteiger charge is -2.16. The molecule has 3 heterocycles. The second kappa shape index (κ2) is 5.11. The van der Waals surface area contributed by atoms with E-state index in [1.807, 2.05) is 29.9 Å². The Balaban J connectivity index is 1.83. The van der Waals surface area contributed by atoms with E-state index in [-0.39, 0.29) is 6.04 Å². The molecule has 0 aliphatic rings. The summed E-state index contributed by atoms with van der Waals surface area (Å²) in [4.78, 5) is 11.5. The number of aromatic amines is 1. The maximum atomic E-state index is 5.50. The van der Waals surface area contributed by atoms with Crippen LogP contribution in [0.15, 0.2) is 47.7 Å². The molecule has 0 amide bonds. The Morgan fingerprint density at radius 3 is 3.11 bits per heavy atom. The first kappa shape index (κ1) is 11.7. The van der Waals surface area contributed by atoms with Crippen molar-refractivity contribution in [1.82, 2.24) is 24.8 Å². The van der Waals surface area contributed by atoms with E-state index in [0.717, 1.165) is 17.3 Å². The number of nitrogens with one attached hydrogen (secondary N) is 2. The van der Waals surface area contributed by atoms with Crippen molar-refractivity contribution in [1.29, 1.82) is 0 Å². The maximum Gasteiger partial charge on any atom is 0.133 e. The Labute approximate surface area is 110 Å². The highest BCUT2D eigenvalue weighted by atomic mass is 16.3. The number of hydrogen-bond acceptors (Lipinski definition) is 4. The Bertz CT molecular complexity index is 611. The van der Waals surface area contributed by atoms with Crippen LogP contribution >= 0.6 is 0 Å². The Morgan fingerprint density at radius 2 is 2.47 bits per heavy atom. The lowest BCUT2D eigenvalue weighted by Crippen LogP contribution is -2.24. The van der Waals surface area contributed by atoms with Crippen LogP contribution in [0.25, 0.3) is 0 Å². The van der Waals surface area contributed by atoms with Crippen molar-refractivity contribution in [3.8, 4) is 0 Å². The van der Waals surface area contributed by atoms with Gasteiger partial charge in [0.1, 0.15) is 17.6 Å². The first-order valence-corrected chi connectivity index (χ1v) is 6.06. The first-order valence-electron chi connectivity index (χ1n) is 6.06. The van der Waals surface area contributed by atoms with Crippen LogP contribution in [-0.4, -0.2) is 19.5 Å². The zero-order valence-electron chi connectivity index (χ0n) is 10.6. The Kier molecular flexibility index (Phi) is 3.16. The molecule has 0 saturated carbocycles. The van der Waals surface area contributed by atoms with Gasteiger partial charge in [-0.25, -0.2) is 9.97 Å². The van der Waals surface area contributed by atoms with E-state index in [9.17, 15) is 0 Å². The largest absolute Gasteiger partial charge is 0.467 e. The number of furan rings is 1. The average Bonchev–Trinajstić information content (AvgIpc) is 3.13. The highest BCUT2D eigenvalue weighted by Crippen LogP contribution is 2.21. The summed E-state index contributed by atoms with van der Waals surface area (Å²) in [5, 5.41) is 3.42. The van der Waals surface area contributed by atoms with Crippen molar-refractivity contribution in [2.45, 2.75) is 12.6 Å². The van der Waals surface area contributed by atoms with Gasteiger partial charge < -0.3 is 14.0 Å². The van der Waals surface area contributed by atoms with E-state index in [2.05, 4.69) is 20.3 Å². The summed E-state index contributed by atoms with van der Waals surface area (Å²) >= 11 is 0. The molecule has 6 nitrogen and oxygen atoms in total. The van der Waals surface area contributed by atoms with Crippen LogP contribution in [0.4, 0.5) is 0 Å². The van der Waals surface area contributed by atoms with Gasteiger partial charge in [0.05, 0.1) is 12.6 Å². The normalized spacial score (nSPS) is 12.7. The molecule has 3 aromatic heterocycles. The van der Waals surface area contributed by atoms with Crippen LogP contribution in [0.5, 0.6) is 0 Å². The van der Waals surface area contributed by atoms with E-state index in [0.29, 0.717) is 6.54 Å². The van der Waals surface area contributed by atoms with Gasteiger partial charge in [-0.2, -0.15) is 0 Å². The lowest BCUT2D eigenvalue weighted by atomic mass is 10.2. The van der Waals surface area contributed by atoms with E-state index in [1.54, 1.807) is 25.0 Å². The monoisotopic (exact) mass is 257 g/mol. The quantitative estimate of drug-likeness (QED) is 0.728. The van der Waals surface area contributed by atoms with Gasteiger partial charge in [0, 0.05) is 37.9 Å². The third-order valence-corrected chi connectivity index (χ3v) is 3.00. The zero-order valence-corrected chi connectivity index (χ0v) is 10.6. The van der Waals surface area contributed by atoms with Gasteiger partial charge in [-0.05, 0) is 12.1 Å². The molecule has 0 saturated heterocycles. The van der Waals surface area contributed by atoms with Crippen LogP contribution in [-0.2, 0) is 13.6 Å². The highest BCUT2D eigenvalue weighted by molar-refractivity contribution is 5.16. The van der Waals surface area contributed by atoms with Crippen LogP contribution in [0.1, 0.15) is 23.3 Å². The minimum atomic E-state index is -0.0849. The topological polar surface area (TPSA) is 71.7 Å². The molecular weight excluding hydrogens is 242 g/mol. The van der Waals surface area contributed by atoms with Crippen LogP contribution in [0.2, 0.25) is 0 Å². The predicted octanol–water partition coefficient (Wildman–Crippen LogP) is 1.62. The molecule has 0 fully saturated rings. The fourth-order valence-electron chi connectivity index (χ4n) is 2.02. The molecule has 1 unspecified atom stereocenters. The molecule has 0 spiro atoms. The molecule has 0 aromatic carbocycles. The van der Waals surface area contributed by atoms with E-state index in [4.69, 9.17) is 4.42 Å². The van der Waals surface area contributed by atoms with Crippen molar-refractivity contribution in [3.05, 3.63) is 60.6 Å². The van der Waals surface area contributed by atoms with Crippen molar-refractivity contribution in [2.75, 3.05) is 0 Å². The third-order valence-electron chi connectivity index (χ3n) is 3.00. The van der Waals surface area contributed by atoms with Gasteiger partial charge in [-0.3, -0.25) is 5.32 Å². The van der Waals surface area contributed by atoms with Crippen molar-refractivity contribution in [2.24, 2.45) is 7.05 Å². The fourth-order valence-corrected chi connectivity index (χ4v) is 2.02. The second-order valence-electron chi connectivity index (χ2n) is 4.30. The van der Waals surface area contributed by atoms with E-state index >= 15 is 0 Å². The van der Waals surface area contributed by atoms with Gasteiger partial charge in [-0.1, -0.05) is 0 Å². The summed E-state index contributed by atoms with van der Waals surface area (Å²) in [5.41, 5.74) is 1.02. The number of imidazole rings is 2. The summed E-state index contributed by atoms with van der Waals surface area (Å²) < 4.78 is 7.48. The van der Waals surface area contributed by atoms with Gasteiger partial charge >= 0.3 is 0 Å². The van der Waals surface area contributed by atoms with Gasteiger partial charge in [0.2, 0.25) is 0 Å². The van der Waals surface area contributed by atoms with Crippen LogP contribution < -0.4 is 5.32 Å². The van der Waals surface area contributed by atoms with E-state index < -0.39 is 0 Å². The fraction of sp³-hybridized carbons (Fsp3) is 0.231. The number of aryl methyl sites for hydroxylation is 1. The molecule has 1 atom stereocenters. The molecule has 0 bridgehead atoms. The van der Waals surface area contributed by atoms with Gasteiger partial charge in [0.15, 0.2) is 0 Å². The lowest BCUT2D eigenvalue weighted by molar-refractivity contribution is 0.428. The van der Waals surface area contributed by atoms with E-state index in [1.165, 1.54) is 0 Å². The highest BCUT2D eigenvalue weighted by Gasteiger charge is 2.20. The standard InChI is InChI=1S/C13H15N5O/c1-18-5-4-15-13(18)12(11-3-2-6-19-11)16-8-10-7-14-9-17-10/h2-7,9,12,16H,8H2,1H3,(H,14,17). The molecular formula is C13H15N5O. The van der Waals surface area contributed by atoms with Gasteiger partial charge in [-0.15, -0.1) is 0 Å². The summed E-state index contributed by atoms with van der Waals surface area (Å²) in [6.45, 7) is 0.665. The number of aromatic nitrogens is 4. The molecule has 3 aromatic rings. The van der Waals surface area contributed by atoms with Crippen LogP contribution in [0, 0.1) is 0 Å². The average molecular weight is 257 g/mol. The predicted molar refractivity (Wildman–Crippen MR) is 69.2 cm³/mol. The maximum absolute atomic E-state index is 5.50. The first-order chi connectivity index (χ1) is 9.34. The zero-order chi connectivity index (χ0) is 13.1. The van der Waals surface area contributed by atoms with Crippen molar-refractivity contribution >= 4 is 0 Å². The SMILES string of the molecule is Cn1ccnc1C(NCc1cnc[nH]1)c1ccco1. The molecule has 0 aliphatic heterocycles. The molecule has 0 aliphatic carbocycles. The second-order valence-corrected chi connectivity index (χ2v) is 4.30. The molecule has 6 heteroatoms. The number of nitrogens with zero attached hydrogens (tertiary/aromatic N) is 3. The summed E-state index contributed by atoms with van der Waals surface area (Å²) in [6.07, 6.45) is 8.83. The number of H-pyrrole nitrogens is 1.